The van der Waals surface area contributed by atoms with E-state index >= 15 is 0 Å². The standard InChI is InChI=1S/C11H12N2OS/c1-9(14)15-7-5-10-8-12-11-4-2-3-6-13(10)11/h2-4,6,8H,5,7H2,1H3. The molecular formula is C11H12N2OS. The number of carbonyl (C=O) groups excluding carboxylic acids is 1. The van der Waals surface area contributed by atoms with E-state index in [-0.39, 0.29) is 5.12 Å². The van der Waals surface area contributed by atoms with E-state index in [0.29, 0.717) is 0 Å². The summed E-state index contributed by atoms with van der Waals surface area (Å²) >= 11 is 1.36. The molecule has 0 amide bonds. The smallest absolute Gasteiger partial charge is 0.185 e. The van der Waals surface area contributed by atoms with E-state index in [1.807, 2.05) is 30.6 Å². The third-order valence-corrected chi connectivity index (χ3v) is 2.97. The molecule has 0 aliphatic rings. The minimum Gasteiger partial charge on any atom is -0.304 e. The number of aryl methyl sites for hydroxylation is 1. The van der Waals surface area contributed by atoms with Gasteiger partial charge in [0.05, 0.1) is 0 Å². The van der Waals surface area contributed by atoms with Crippen LogP contribution < -0.4 is 0 Å². The van der Waals surface area contributed by atoms with Crippen molar-refractivity contribution >= 4 is 22.5 Å². The Balaban J connectivity index is 2.11. The van der Waals surface area contributed by atoms with Crippen LogP contribution in [0.2, 0.25) is 0 Å². The minimum absolute atomic E-state index is 0.170. The van der Waals surface area contributed by atoms with Crippen LogP contribution in [0.15, 0.2) is 30.6 Å². The Bertz CT molecular complexity index is 478. The predicted octanol–water partition coefficient (Wildman–Crippen LogP) is 2.16. The van der Waals surface area contributed by atoms with Crippen molar-refractivity contribution in [2.75, 3.05) is 5.75 Å². The highest BCUT2D eigenvalue weighted by atomic mass is 32.2. The van der Waals surface area contributed by atoms with Crippen LogP contribution in [0, 0.1) is 0 Å². The zero-order chi connectivity index (χ0) is 10.7. The second-order valence-electron chi connectivity index (χ2n) is 3.27. The molecule has 0 atom stereocenters. The van der Waals surface area contributed by atoms with Crippen molar-refractivity contribution in [3.8, 4) is 0 Å². The van der Waals surface area contributed by atoms with Crippen LogP contribution >= 0.6 is 11.8 Å². The molecule has 0 unspecified atom stereocenters. The van der Waals surface area contributed by atoms with E-state index in [1.165, 1.54) is 11.8 Å². The summed E-state index contributed by atoms with van der Waals surface area (Å²) in [5.41, 5.74) is 2.11. The average Bonchev–Trinajstić information content (AvgIpc) is 2.62. The summed E-state index contributed by atoms with van der Waals surface area (Å²) in [7, 11) is 0. The summed E-state index contributed by atoms with van der Waals surface area (Å²) in [5, 5.41) is 0.170. The summed E-state index contributed by atoms with van der Waals surface area (Å²) in [4.78, 5) is 15.1. The Morgan fingerprint density at radius 3 is 3.20 bits per heavy atom. The number of pyridine rings is 1. The number of hydrogen-bond donors (Lipinski definition) is 0. The number of hydrogen-bond acceptors (Lipinski definition) is 3. The predicted molar refractivity (Wildman–Crippen MR) is 62.0 cm³/mol. The number of rotatable bonds is 3. The number of fused-ring (bicyclic) bond motifs is 1. The van der Waals surface area contributed by atoms with Gasteiger partial charge in [0.15, 0.2) is 5.12 Å². The SMILES string of the molecule is CC(=O)SCCc1cnc2ccccn12. The summed E-state index contributed by atoms with van der Waals surface area (Å²) in [5.74, 6) is 0.817. The molecule has 0 aliphatic heterocycles. The maximum Gasteiger partial charge on any atom is 0.185 e. The zero-order valence-electron chi connectivity index (χ0n) is 8.51. The molecule has 0 spiro atoms. The van der Waals surface area contributed by atoms with Crippen molar-refractivity contribution < 1.29 is 4.79 Å². The van der Waals surface area contributed by atoms with E-state index in [2.05, 4.69) is 9.38 Å². The molecule has 0 saturated carbocycles. The summed E-state index contributed by atoms with van der Waals surface area (Å²) in [6, 6.07) is 5.92. The Morgan fingerprint density at radius 2 is 2.40 bits per heavy atom. The van der Waals surface area contributed by atoms with Crippen LogP contribution in [0.4, 0.5) is 0 Å². The largest absolute Gasteiger partial charge is 0.304 e. The van der Waals surface area contributed by atoms with Crippen LogP contribution in [0.3, 0.4) is 0 Å². The molecule has 0 saturated heterocycles. The minimum atomic E-state index is 0.170. The Morgan fingerprint density at radius 1 is 1.53 bits per heavy atom. The third-order valence-electron chi connectivity index (χ3n) is 2.16. The van der Waals surface area contributed by atoms with E-state index in [0.717, 1.165) is 23.5 Å². The maximum absolute atomic E-state index is 10.8. The normalized spacial score (nSPS) is 10.7. The molecular weight excluding hydrogens is 208 g/mol. The first-order valence-electron chi connectivity index (χ1n) is 4.82. The molecule has 0 aliphatic carbocycles. The number of aromatic nitrogens is 2. The van der Waals surface area contributed by atoms with Gasteiger partial charge in [-0.25, -0.2) is 4.98 Å². The molecule has 2 rings (SSSR count). The molecule has 78 valence electrons. The van der Waals surface area contributed by atoms with Crippen molar-refractivity contribution in [2.24, 2.45) is 0 Å². The molecule has 0 N–H and O–H groups in total. The number of nitrogens with zero attached hydrogens (tertiary/aromatic N) is 2. The average molecular weight is 220 g/mol. The van der Waals surface area contributed by atoms with Crippen LogP contribution in [0.25, 0.3) is 5.65 Å². The number of thioether (sulfide) groups is 1. The van der Waals surface area contributed by atoms with Crippen LogP contribution in [0.1, 0.15) is 12.6 Å². The van der Waals surface area contributed by atoms with Crippen molar-refractivity contribution in [3.63, 3.8) is 0 Å². The maximum atomic E-state index is 10.8. The van der Waals surface area contributed by atoms with Crippen LogP contribution in [0.5, 0.6) is 0 Å². The van der Waals surface area contributed by atoms with Gasteiger partial charge in [0, 0.05) is 30.8 Å². The molecule has 3 nitrogen and oxygen atoms in total. The van der Waals surface area contributed by atoms with Gasteiger partial charge in [-0.05, 0) is 18.6 Å². The van der Waals surface area contributed by atoms with E-state index < -0.39 is 0 Å². The Kier molecular flexibility index (Phi) is 3.06. The van der Waals surface area contributed by atoms with Gasteiger partial charge in [-0.2, -0.15) is 0 Å². The van der Waals surface area contributed by atoms with Crippen LogP contribution in [-0.4, -0.2) is 20.3 Å². The second-order valence-corrected chi connectivity index (χ2v) is 4.54. The molecule has 0 bridgehead atoms. The lowest BCUT2D eigenvalue weighted by Gasteiger charge is -1.99. The first-order chi connectivity index (χ1) is 7.27. The van der Waals surface area contributed by atoms with Crippen molar-refractivity contribution in [1.82, 2.24) is 9.38 Å². The molecule has 15 heavy (non-hydrogen) atoms. The summed E-state index contributed by atoms with van der Waals surface area (Å²) < 4.78 is 2.06. The van der Waals surface area contributed by atoms with Gasteiger partial charge in [-0.1, -0.05) is 17.8 Å². The quantitative estimate of drug-likeness (QED) is 0.795. The van der Waals surface area contributed by atoms with Crippen molar-refractivity contribution in [2.45, 2.75) is 13.3 Å². The van der Waals surface area contributed by atoms with Gasteiger partial charge >= 0.3 is 0 Å². The van der Waals surface area contributed by atoms with Gasteiger partial charge in [0.1, 0.15) is 5.65 Å². The number of carbonyl (C=O) groups is 1. The topological polar surface area (TPSA) is 34.4 Å². The highest BCUT2D eigenvalue weighted by Gasteiger charge is 2.02. The Hall–Kier alpha value is -1.29. The molecule has 2 aromatic heterocycles. The summed E-state index contributed by atoms with van der Waals surface area (Å²) in [6.07, 6.45) is 4.74. The first kappa shape index (κ1) is 10.2. The van der Waals surface area contributed by atoms with E-state index in [9.17, 15) is 4.79 Å². The highest BCUT2D eigenvalue weighted by molar-refractivity contribution is 8.13. The second kappa shape index (κ2) is 4.49. The molecule has 4 heteroatoms. The first-order valence-corrected chi connectivity index (χ1v) is 5.80. The molecule has 0 radical (unpaired) electrons. The van der Waals surface area contributed by atoms with Crippen LogP contribution in [-0.2, 0) is 11.2 Å². The lowest BCUT2D eigenvalue weighted by Crippen LogP contribution is -1.96. The van der Waals surface area contributed by atoms with Crippen molar-refractivity contribution in [3.05, 3.63) is 36.3 Å². The van der Waals surface area contributed by atoms with Gasteiger partial charge < -0.3 is 4.40 Å². The fraction of sp³-hybridized carbons (Fsp3) is 0.273. The lowest BCUT2D eigenvalue weighted by atomic mass is 10.3. The van der Waals surface area contributed by atoms with Gasteiger partial charge in [0.25, 0.3) is 0 Å². The van der Waals surface area contributed by atoms with Gasteiger partial charge in [-0.3, -0.25) is 4.79 Å². The molecule has 2 aromatic rings. The van der Waals surface area contributed by atoms with E-state index in [1.54, 1.807) is 6.92 Å². The van der Waals surface area contributed by atoms with Gasteiger partial charge in [0.2, 0.25) is 0 Å². The molecule has 0 aromatic carbocycles. The van der Waals surface area contributed by atoms with Crippen molar-refractivity contribution in [1.29, 1.82) is 0 Å². The highest BCUT2D eigenvalue weighted by Crippen LogP contribution is 2.10. The molecule has 0 fully saturated rings. The molecule has 2 heterocycles. The zero-order valence-corrected chi connectivity index (χ0v) is 9.33. The fourth-order valence-corrected chi connectivity index (χ4v) is 2.07. The summed E-state index contributed by atoms with van der Waals surface area (Å²) in [6.45, 7) is 1.60. The number of imidazole rings is 1. The monoisotopic (exact) mass is 220 g/mol. The third kappa shape index (κ3) is 2.39. The Labute approximate surface area is 92.5 Å². The fourth-order valence-electron chi connectivity index (χ4n) is 1.47. The van der Waals surface area contributed by atoms with Gasteiger partial charge in [-0.15, -0.1) is 0 Å². The lowest BCUT2D eigenvalue weighted by molar-refractivity contribution is -0.109. The van der Waals surface area contributed by atoms with E-state index in [4.69, 9.17) is 0 Å².